The van der Waals surface area contributed by atoms with Gasteiger partial charge in [-0.1, -0.05) is 94.4 Å². The van der Waals surface area contributed by atoms with E-state index in [0.29, 0.717) is 6.42 Å². The molecule has 0 aromatic heterocycles. The van der Waals surface area contributed by atoms with Gasteiger partial charge in [-0.3, -0.25) is 10.1 Å². The summed E-state index contributed by atoms with van der Waals surface area (Å²) in [5.74, 6) is 0. The molecule has 5 rings (SSSR count). The molecule has 0 spiro atoms. The highest BCUT2D eigenvalue weighted by molar-refractivity contribution is 8.76. The highest BCUT2D eigenvalue weighted by Gasteiger charge is 2.25. The number of nitro benzene ring substituents is 1. The maximum absolute atomic E-state index is 10.9. The molecular weight excluding hydrogens is 410 g/mol. The Kier molecular flexibility index (Phi) is 6.52. The van der Waals surface area contributed by atoms with Gasteiger partial charge in [-0.25, -0.2) is 0 Å². The van der Waals surface area contributed by atoms with Crippen molar-refractivity contribution in [2.75, 3.05) is 0 Å². The van der Waals surface area contributed by atoms with Crippen LogP contribution in [0.2, 0.25) is 0 Å². The van der Waals surface area contributed by atoms with E-state index in [1.165, 1.54) is 15.4 Å². The lowest BCUT2D eigenvalue weighted by atomic mass is 10.1. The average Bonchev–Trinajstić information content (AvgIpc) is 3.18. The third-order valence-electron chi connectivity index (χ3n) is 4.74. The Hall–Kier alpha value is -3.02. The zero-order valence-corrected chi connectivity index (χ0v) is 17.7. The minimum absolute atomic E-state index is 0.230. The Bertz CT molecular complexity index is 1110. The number of benzene rings is 4. The number of hydrogen-bond acceptors (Lipinski definition) is 4. The molecule has 5 heteroatoms. The molecule has 3 nitrogen and oxygen atoms in total. The maximum Gasteiger partial charge on any atom is 0.273 e. The minimum Gasteiger partial charge on any atom is -0.258 e. The lowest BCUT2D eigenvalue weighted by Crippen LogP contribution is -1.93. The molecule has 0 amide bonds. The van der Waals surface area contributed by atoms with Crippen LogP contribution >= 0.6 is 21.6 Å². The van der Waals surface area contributed by atoms with E-state index < -0.39 is 0 Å². The molecule has 0 saturated heterocycles. The van der Waals surface area contributed by atoms with E-state index in [9.17, 15) is 10.1 Å². The highest BCUT2D eigenvalue weighted by atomic mass is 33.1. The molecule has 0 aliphatic heterocycles. The topological polar surface area (TPSA) is 43.1 Å². The van der Waals surface area contributed by atoms with Crippen LogP contribution in [0.4, 0.5) is 5.69 Å². The van der Waals surface area contributed by atoms with Crippen LogP contribution in [0.3, 0.4) is 0 Å². The summed E-state index contributed by atoms with van der Waals surface area (Å²) in [5.41, 5.74) is 4.38. The largest absolute Gasteiger partial charge is 0.273 e. The van der Waals surface area contributed by atoms with Crippen LogP contribution in [-0.4, -0.2) is 4.92 Å². The molecule has 0 heterocycles. The van der Waals surface area contributed by atoms with E-state index in [-0.39, 0.29) is 10.6 Å². The fraction of sp³-hybridized carbons (Fsp3) is 0.0400. The van der Waals surface area contributed by atoms with Gasteiger partial charge < -0.3 is 0 Å². The minimum atomic E-state index is -0.301. The van der Waals surface area contributed by atoms with E-state index >= 15 is 0 Å². The number of hydrogen-bond donors (Lipinski definition) is 0. The third-order valence-corrected chi connectivity index (χ3v) is 7.16. The Balaban J connectivity index is 0.000000147. The Morgan fingerprint density at radius 1 is 0.633 bits per heavy atom. The molecule has 0 unspecified atom stereocenters. The van der Waals surface area contributed by atoms with Gasteiger partial charge in [0.1, 0.15) is 0 Å². The van der Waals surface area contributed by atoms with Crippen molar-refractivity contribution < 1.29 is 4.92 Å². The van der Waals surface area contributed by atoms with E-state index in [0.717, 1.165) is 16.7 Å². The van der Waals surface area contributed by atoms with Gasteiger partial charge in [0.25, 0.3) is 5.69 Å². The van der Waals surface area contributed by atoms with Crippen LogP contribution in [0.1, 0.15) is 11.1 Å². The summed E-state index contributed by atoms with van der Waals surface area (Å²) >= 11 is 0. The van der Waals surface area contributed by atoms with E-state index in [2.05, 4.69) is 48.5 Å². The summed E-state index contributed by atoms with van der Waals surface area (Å²) in [6, 6.07) is 34.1. The molecule has 30 heavy (non-hydrogen) atoms. The molecule has 4 aromatic carbocycles. The summed E-state index contributed by atoms with van der Waals surface area (Å²) in [6.45, 7) is 0. The Morgan fingerprint density at radius 2 is 1.17 bits per heavy atom. The average molecular weight is 430 g/mol. The van der Waals surface area contributed by atoms with Gasteiger partial charge in [-0.05, 0) is 41.0 Å². The van der Waals surface area contributed by atoms with E-state index in [4.69, 9.17) is 0 Å². The predicted octanol–water partition coefficient (Wildman–Crippen LogP) is 7.65. The molecule has 4 aromatic rings. The van der Waals surface area contributed by atoms with Crippen LogP contribution in [0.15, 0.2) is 113 Å². The monoisotopic (exact) mass is 429 g/mol. The first-order valence-electron chi connectivity index (χ1n) is 9.51. The van der Waals surface area contributed by atoms with Crippen LogP contribution in [0.5, 0.6) is 0 Å². The third kappa shape index (κ3) is 4.75. The van der Waals surface area contributed by atoms with E-state index in [1.54, 1.807) is 33.7 Å². The number of nitro groups is 1. The second-order valence-corrected chi connectivity index (χ2v) is 8.96. The summed E-state index contributed by atoms with van der Waals surface area (Å²) in [4.78, 5) is 13.2. The molecule has 0 fully saturated rings. The summed E-state index contributed by atoms with van der Waals surface area (Å²) in [5, 5.41) is 10.9. The molecule has 1 aliphatic rings. The summed E-state index contributed by atoms with van der Waals surface area (Å²) in [6.07, 6.45) is 0.669. The van der Waals surface area contributed by atoms with Crippen molar-refractivity contribution in [2.45, 2.75) is 16.2 Å². The normalized spacial score (nSPS) is 11.1. The van der Waals surface area contributed by atoms with Crippen molar-refractivity contribution in [1.82, 2.24) is 0 Å². The van der Waals surface area contributed by atoms with Crippen LogP contribution in [0.25, 0.3) is 11.1 Å². The molecule has 148 valence electrons. The first-order chi connectivity index (χ1) is 14.7. The first kappa shape index (κ1) is 20.3. The maximum atomic E-state index is 10.9. The molecular formula is C25H19NO2S2. The second-order valence-electron chi connectivity index (χ2n) is 6.69. The Labute approximate surface area is 183 Å². The first-order valence-corrected chi connectivity index (χ1v) is 11.7. The zero-order chi connectivity index (χ0) is 20.8. The quantitative estimate of drug-likeness (QED) is 0.167. The molecule has 0 atom stereocenters. The van der Waals surface area contributed by atoms with Gasteiger partial charge in [-0.15, -0.1) is 0 Å². The Morgan fingerprint density at radius 3 is 1.77 bits per heavy atom. The van der Waals surface area contributed by atoms with Crippen molar-refractivity contribution in [3.63, 3.8) is 0 Å². The fourth-order valence-electron chi connectivity index (χ4n) is 3.36. The van der Waals surface area contributed by atoms with Gasteiger partial charge in [0.2, 0.25) is 0 Å². The van der Waals surface area contributed by atoms with Crippen LogP contribution < -0.4 is 0 Å². The SMILES string of the molecule is O=[N+]([O-])c1cccc2c1Cc1ccccc1-2.c1ccc(SSc2ccccc2)cc1. The molecule has 0 N–H and O–H groups in total. The number of rotatable bonds is 4. The molecule has 0 saturated carbocycles. The molecule has 1 aliphatic carbocycles. The van der Waals surface area contributed by atoms with Crippen LogP contribution in [-0.2, 0) is 6.42 Å². The van der Waals surface area contributed by atoms with Crippen molar-refractivity contribution in [1.29, 1.82) is 0 Å². The molecule has 0 bridgehead atoms. The number of nitrogens with zero attached hydrogens (tertiary/aromatic N) is 1. The predicted molar refractivity (Wildman–Crippen MR) is 126 cm³/mol. The van der Waals surface area contributed by atoms with Gasteiger partial charge >= 0.3 is 0 Å². The van der Waals surface area contributed by atoms with Gasteiger partial charge in [0.05, 0.1) is 4.92 Å². The van der Waals surface area contributed by atoms with Crippen molar-refractivity contribution in [3.8, 4) is 11.1 Å². The second kappa shape index (κ2) is 9.65. The van der Waals surface area contributed by atoms with Crippen LogP contribution in [0, 0.1) is 10.1 Å². The summed E-state index contributed by atoms with van der Waals surface area (Å²) < 4.78 is 0. The molecule has 0 radical (unpaired) electrons. The highest BCUT2D eigenvalue weighted by Crippen LogP contribution is 2.40. The van der Waals surface area contributed by atoms with Crippen molar-refractivity contribution in [2.24, 2.45) is 0 Å². The lowest BCUT2D eigenvalue weighted by molar-refractivity contribution is -0.385. The van der Waals surface area contributed by atoms with Gasteiger partial charge in [0, 0.05) is 27.8 Å². The lowest BCUT2D eigenvalue weighted by Gasteiger charge is -2.00. The fourth-order valence-corrected chi connectivity index (χ4v) is 5.33. The van der Waals surface area contributed by atoms with Crippen molar-refractivity contribution >= 4 is 27.3 Å². The zero-order valence-electron chi connectivity index (χ0n) is 16.1. The van der Waals surface area contributed by atoms with E-state index in [1.807, 2.05) is 42.5 Å². The van der Waals surface area contributed by atoms with Crippen molar-refractivity contribution in [3.05, 3.63) is 124 Å². The van der Waals surface area contributed by atoms with Gasteiger partial charge in [-0.2, -0.15) is 0 Å². The standard InChI is InChI=1S/C13H9NO2.C12H10S2/c15-14(16)13-7-3-6-11-10-5-2-1-4-9(10)8-12(11)13;1-3-7-11(8-4-1)13-14-12-9-5-2-6-10-12/h1-7H,8H2;1-10H. The smallest absolute Gasteiger partial charge is 0.258 e. The summed E-state index contributed by atoms with van der Waals surface area (Å²) in [7, 11) is 3.58. The van der Waals surface area contributed by atoms with Gasteiger partial charge in [0.15, 0.2) is 0 Å². The number of fused-ring (bicyclic) bond motifs is 3.